The summed E-state index contributed by atoms with van der Waals surface area (Å²) < 4.78 is 7.33. The smallest absolute Gasteiger partial charge is 0.164 e. The Bertz CT molecular complexity index is 6370. The van der Waals surface area contributed by atoms with Crippen molar-refractivity contribution in [2.75, 3.05) is 0 Å². The molecule has 0 saturated heterocycles. The summed E-state index contributed by atoms with van der Waals surface area (Å²) in [4.78, 5) is 16.0. The highest BCUT2D eigenvalue weighted by Crippen LogP contribution is 2.53. The van der Waals surface area contributed by atoms with E-state index in [2.05, 4.69) is 383 Å². The van der Waals surface area contributed by atoms with Crippen molar-refractivity contribution >= 4 is 65.4 Å². The Morgan fingerprint density at radius 2 is 0.417 bits per heavy atom. The van der Waals surface area contributed by atoms with Crippen LogP contribution in [0.4, 0.5) is 0 Å². The van der Waals surface area contributed by atoms with Gasteiger partial charge >= 0.3 is 0 Å². The summed E-state index contributed by atoms with van der Waals surface area (Å²) in [6.07, 6.45) is 0. The fraction of sp³-hybridized carbons (Fsp3) is 0.0882. The van der Waals surface area contributed by atoms with Gasteiger partial charge in [-0.15, -0.1) is 0 Å². The van der Waals surface area contributed by atoms with E-state index in [0.717, 1.165) is 50.1 Å². The van der Waals surface area contributed by atoms with E-state index in [1.807, 2.05) is 0 Å². The van der Waals surface area contributed by atoms with Gasteiger partial charge in [-0.25, -0.2) is 15.0 Å². The van der Waals surface area contributed by atoms with E-state index in [9.17, 15) is 0 Å². The number of rotatable bonds is 9. The quantitative estimate of drug-likeness (QED) is 0.145. The molecule has 19 aromatic rings. The van der Waals surface area contributed by atoms with Crippen LogP contribution in [0.1, 0.15) is 74.9 Å². The van der Waals surface area contributed by atoms with Crippen molar-refractivity contribution in [3.05, 3.63) is 361 Å². The molecule has 4 heterocycles. The lowest BCUT2D eigenvalue weighted by molar-refractivity contribution is 0.660. The molecule has 0 bridgehead atoms. The average Bonchev–Trinajstić information content (AvgIpc) is 1.58. The van der Waals surface area contributed by atoms with Crippen LogP contribution in [0.3, 0.4) is 0 Å². The third-order valence-electron chi connectivity index (χ3n) is 24.6. The Labute approximate surface area is 626 Å². The fourth-order valence-corrected chi connectivity index (χ4v) is 19.0. The van der Waals surface area contributed by atoms with Gasteiger partial charge in [0.15, 0.2) is 17.5 Å². The molecule has 15 aromatic carbocycles. The first-order valence-corrected chi connectivity index (χ1v) is 37.7. The number of hydrogen-bond acceptors (Lipinski definition) is 3. The van der Waals surface area contributed by atoms with E-state index < -0.39 is 0 Å². The van der Waals surface area contributed by atoms with Crippen LogP contribution in [0.15, 0.2) is 328 Å². The third-order valence-corrected chi connectivity index (χ3v) is 24.6. The standard InChI is InChI=1S/C102H72N6/c1-100(2)85-25-13-7-19-73(85)76-49-46-70(58-88(76)100)106-91-28-16-10-22-79(91)82-55-67(43-52-94(82)106)61-31-37-64(38-32-61)97-103-98(65-39-33-62(34-40-65)68-44-53-95-83(56-68)80-23-11-17-29-92(80)107(95)71-47-50-77-74-20-8-14-26-86(74)101(3,4)89(77)59-71)105-99(104-97)66-41-35-63(36-42-66)69-45-54-96-84(57-69)81-24-12-18-30-93(81)108(96)72-48-51-78-75-21-9-15-27-87(75)102(5,6)90(78)60-72/h7-60H,1-6H3. The highest BCUT2D eigenvalue weighted by Gasteiger charge is 2.39. The van der Waals surface area contributed by atoms with Crippen LogP contribution < -0.4 is 0 Å². The Morgan fingerprint density at radius 3 is 0.713 bits per heavy atom. The first-order chi connectivity index (χ1) is 52.8. The van der Waals surface area contributed by atoms with Gasteiger partial charge in [0, 0.05) is 82.3 Å². The predicted octanol–water partition coefficient (Wildman–Crippen LogP) is 26.1. The van der Waals surface area contributed by atoms with Crippen LogP contribution >= 0.6 is 0 Å². The maximum Gasteiger partial charge on any atom is 0.164 e. The van der Waals surface area contributed by atoms with Crippen molar-refractivity contribution in [2.24, 2.45) is 0 Å². The van der Waals surface area contributed by atoms with E-state index >= 15 is 0 Å². The Balaban J connectivity index is 0.617. The van der Waals surface area contributed by atoms with Crippen LogP contribution in [-0.4, -0.2) is 28.7 Å². The largest absolute Gasteiger partial charge is 0.309 e. The van der Waals surface area contributed by atoms with Gasteiger partial charge in [0.2, 0.25) is 0 Å². The van der Waals surface area contributed by atoms with Crippen molar-refractivity contribution in [1.82, 2.24) is 28.7 Å². The van der Waals surface area contributed by atoms with E-state index in [1.165, 1.54) is 149 Å². The predicted molar refractivity (Wildman–Crippen MR) is 448 cm³/mol. The number of aromatic nitrogens is 6. The molecule has 3 aliphatic carbocycles. The Morgan fingerprint density at radius 1 is 0.185 bits per heavy atom. The first-order valence-electron chi connectivity index (χ1n) is 37.7. The van der Waals surface area contributed by atoms with Gasteiger partial charge < -0.3 is 13.7 Å². The summed E-state index contributed by atoms with van der Waals surface area (Å²) in [5.41, 5.74) is 35.9. The minimum Gasteiger partial charge on any atom is -0.309 e. The van der Waals surface area contributed by atoms with Crippen LogP contribution in [0.2, 0.25) is 0 Å². The Kier molecular flexibility index (Phi) is 13.1. The molecule has 6 heteroatoms. The molecule has 0 aliphatic heterocycles. The first kappa shape index (κ1) is 62.1. The van der Waals surface area contributed by atoms with Gasteiger partial charge in [-0.1, -0.05) is 278 Å². The second-order valence-electron chi connectivity index (χ2n) is 31.5. The van der Waals surface area contributed by atoms with E-state index in [1.54, 1.807) is 0 Å². The number of benzene rings is 15. The lowest BCUT2D eigenvalue weighted by Crippen LogP contribution is -2.15. The molecule has 4 aromatic heterocycles. The number of fused-ring (bicyclic) bond motifs is 18. The van der Waals surface area contributed by atoms with E-state index in [-0.39, 0.29) is 16.2 Å². The summed E-state index contributed by atoms with van der Waals surface area (Å²) in [6, 6.07) is 121. The van der Waals surface area contributed by atoms with Gasteiger partial charge in [-0.2, -0.15) is 0 Å². The lowest BCUT2D eigenvalue weighted by Gasteiger charge is -2.22. The van der Waals surface area contributed by atoms with Gasteiger partial charge in [0.1, 0.15) is 0 Å². The summed E-state index contributed by atoms with van der Waals surface area (Å²) in [7, 11) is 0. The maximum absolute atomic E-state index is 5.35. The molecular weight excluding hydrogens is 1310 g/mol. The summed E-state index contributed by atoms with van der Waals surface area (Å²) in [6.45, 7) is 14.1. The highest BCUT2D eigenvalue weighted by atomic mass is 15.0. The van der Waals surface area contributed by atoms with Crippen LogP contribution in [-0.2, 0) is 16.2 Å². The molecule has 0 spiro atoms. The molecule has 22 rings (SSSR count). The molecule has 0 fully saturated rings. The number of nitrogens with zero attached hydrogens (tertiary/aromatic N) is 6. The van der Waals surface area contributed by atoms with Crippen molar-refractivity contribution in [2.45, 2.75) is 57.8 Å². The van der Waals surface area contributed by atoms with Crippen LogP contribution in [0.5, 0.6) is 0 Å². The zero-order chi connectivity index (χ0) is 72.1. The highest BCUT2D eigenvalue weighted by molar-refractivity contribution is 6.13. The van der Waals surface area contributed by atoms with Crippen molar-refractivity contribution in [1.29, 1.82) is 0 Å². The lowest BCUT2D eigenvalue weighted by atomic mass is 9.82. The van der Waals surface area contributed by atoms with Crippen molar-refractivity contribution in [3.63, 3.8) is 0 Å². The molecule has 0 N–H and O–H groups in total. The summed E-state index contributed by atoms with van der Waals surface area (Å²) in [5, 5.41) is 7.30. The number of hydrogen-bond donors (Lipinski definition) is 0. The van der Waals surface area contributed by atoms with Gasteiger partial charge in [0.05, 0.1) is 33.1 Å². The normalized spacial score (nSPS) is 14.1. The van der Waals surface area contributed by atoms with E-state index in [4.69, 9.17) is 15.0 Å². The zero-order valence-corrected chi connectivity index (χ0v) is 60.9. The van der Waals surface area contributed by atoms with Crippen molar-refractivity contribution in [3.8, 4) is 118 Å². The monoisotopic (exact) mass is 1380 g/mol. The fourth-order valence-electron chi connectivity index (χ4n) is 19.0. The maximum atomic E-state index is 5.35. The SMILES string of the molecule is CC1(C)c2ccccc2-c2ccc(-n3c4ccccc4c4cc(-c5ccc(-c6nc(-c7ccc(-c8ccc9c(c8)c8ccccc8n9-c8ccc9c(c8)C(C)(C)c8ccccc8-9)cc7)nc(-c7ccc(-c8ccc9c(c8)c8ccccc8n9-c8ccc9c(c8)C(C)(C)c8ccccc8-9)cc7)n6)cc5)ccc43)cc21. The topological polar surface area (TPSA) is 53.5 Å². The minimum absolute atomic E-state index is 0.109. The van der Waals surface area contributed by atoms with Crippen LogP contribution in [0.25, 0.3) is 183 Å². The second kappa shape index (κ2) is 22.9. The Hall–Kier alpha value is -13.3. The average molecular weight is 1380 g/mol. The minimum atomic E-state index is -0.109. The van der Waals surface area contributed by atoms with Gasteiger partial charge in [0.25, 0.3) is 0 Å². The molecule has 0 saturated carbocycles. The van der Waals surface area contributed by atoms with E-state index in [0.29, 0.717) is 17.5 Å². The molecule has 0 radical (unpaired) electrons. The summed E-state index contributed by atoms with van der Waals surface area (Å²) >= 11 is 0. The van der Waals surface area contributed by atoms with Crippen LogP contribution in [0, 0.1) is 0 Å². The molecule has 108 heavy (non-hydrogen) atoms. The van der Waals surface area contributed by atoms with Gasteiger partial charge in [-0.3, -0.25) is 0 Å². The van der Waals surface area contributed by atoms with Crippen molar-refractivity contribution < 1.29 is 0 Å². The molecular formula is C102H72N6. The molecule has 6 nitrogen and oxygen atoms in total. The molecule has 0 unspecified atom stereocenters. The molecule has 510 valence electrons. The third kappa shape index (κ3) is 9.10. The molecule has 0 atom stereocenters. The molecule has 0 amide bonds. The summed E-state index contributed by atoms with van der Waals surface area (Å²) in [5.74, 6) is 1.81. The van der Waals surface area contributed by atoms with Gasteiger partial charge in [-0.05, 0) is 191 Å². The zero-order valence-electron chi connectivity index (χ0n) is 60.9. The molecule has 3 aliphatic rings. The number of para-hydroxylation sites is 3. The second-order valence-corrected chi connectivity index (χ2v) is 31.5.